The van der Waals surface area contributed by atoms with Gasteiger partial charge in [0.1, 0.15) is 53.4 Å². The minimum Gasteiger partial charge on any atom is -0.458 e. The predicted octanol–water partition coefficient (Wildman–Crippen LogP) is 6.29. The number of aliphatic hydroxyl groups excluding tert-OH is 1. The van der Waals surface area contributed by atoms with Gasteiger partial charge >= 0.3 is 11.9 Å². The lowest BCUT2D eigenvalue weighted by Gasteiger charge is -2.67. The fraction of sp³-hybridized carbons (Fsp3) is 0.734. The maximum absolute atomic E-state index is 14.0. The van der Waals surface area contributed by atoms with Crippen LogP contribution >= 0.6 is 0 Å². The van der Waals surface area contributed by atoms with Crippen molar-refractivity contribution >= 4 is 18.0 Å². The molecule has 21 nitrogen and oxygen atoms in total. The monoisotopic (exact) mass is 1190 g/mol. The van der Waals surface area contributed by atoms with Crippen molar-refractivity contribution in [2.45, 2.75) is 253 Å². The summed E-state index contributed by atoms with van der Waals surface area (Å²) in [6, 6.07) is 12.5. The van der Waals surface area contributed by atoms with Crippen molar-refractivity contribution in [3.8, 4) is 0 Å². The number of methoxy groups -OCH3 is 4. The van der Waals surface area contributed by atoms with Crippen LogP contribution in [-0.4, -0.2) is 199 Å². The summed E-state index contributed by atoms with van der Waals surface area (Å²) in [4.78, 5) is 31.5. The molecule has 1 aromatic carbocycles. The van der Waals surface area contributed by atoms with Gasteiger partial charge in [0.05, 0.1) is 65.9 Å². The summed E-state index contributed by atoms with van der Waals surface area (Å²) in [5.74, 6) is -2.01. The van der Waals surface area contributed by atoms with Gasteiger partial charge in [0.25, 0.3) is 0 Å². The summed E-state index contributed by atoms with van der Waals surface area (Å²) < 4.78 is 88.0. The molecule has 5 heterocycles. The number of ether oxygens (including phenoxy) is 14. The summed E-state index contributed by atoms with van der Waals surface area (Å²) in [6.45, 7) is 12.9. The number of hydrogen-bond donors (Lipinski definition) is 4. The van der Waals surface area contributed by atoms with Crippen LogP contribution in [0.2, 0.25) is 0 Å². The van der Waals surface area contributed by atoms with E-state index in [4.69, 9.17) is 66.3 Å². The second kappa shape index (κ2) is 25.9. The standard InChI is InChI=1S/C64H91NO20/c1-35-55(67)44(72-8)29-52(76-35)83-57-37(3)78-54(31-46(57)74-10)85-58-38(4)79-53(32-47(58)75-11)84-56-36(2)77-51(30-45(56)73-9)81-43-22-23-60(6)42(28-43)21-24-63(70)48(60)33-49(82-50(66)20-19-40-16-13-12-14-17-40)61(7)62(69,25-26-64(61,63)71)39(5)80-59(68)41-18-15-27-65-34-41/h12-21,27,34-39,43-49,51-58,67,69-71H,22-26,28-33H2,1-11H3/b20-19+/t35-,36-,37+,38-,39-,43-,44+,45+,46-,47-,48+,49+,51+,52-,53-,54-,55-,56-,57+,58+,60-,61+,62+,63-,64+/m0/s1. The van der Waals surface area contributed by atoms with Crippen LogP contribution in [-0.2, 0) is 71.1 Å². The summed E-state index contributed by atoms with van der Waals surface area (Å²) in [5.41, 5.74) is -6.12. The lowest BCUT2D eigenvalue weighted by molar-refractivity contribution is -0.347. The zero-order valence-corrected chi connectivity index (χ0v) is 51.0. The van der Waals surface area contributed by atoms with E-state index in [-0.39, 0.29) is 43.5 Å². The smallest absolute Gasteiger partial charge is 0.340 e. The Morgan fingerprint density at radius 1 is 0.682 bits per heavy atom. The molecular weight excluding hydrogens is 1100 g/mol. The largest absolute Gasteiger partial charge is 0.458 e. The number of aliphatic hydroxyl groups is 4. The average molecular weight is 1190 g/mol. The third kappa shape index (κ3) is 12.1. The summed E-state index contributed by atoms with van der Waals surface area (Å²) in [6.07, 6.45) is 0.219. The molecule has 4 saturated heterocycles. The normalized spacial score (nSPS) is 45.0. The van der Waals surface area contributed by atoms with E-state index in [0.717, 1.165) is 11.1 Å². The Hall–Kier alpha value is -3.85. The third-order valence-electron chi connectivity index (χ3n) is 20.9. The number of carbonyl (C=O) groups is 2. The van der Waals surface area contributed by atoms with E-state index < -0.39 is 150 Å². The number of carbonyl (C=O) groups excluding carboxylic acids is 2. The van der Waals surface area contributed by atoms with Crippen molar-refractivity contribution < 1.29 is 96.3 Å². The predicted molar refractivity (Wildman–Crippen MR) is 304 cm³/mol. The van der Waals surface area contributed by atoms with E-state index >= 15 is 0 Å². The van der Waals surface area contributed by atoms with Crippen molar-refractivity contribution in [1.82, 2.24) is 4.98 Å². The minimum absolute atomic E-state index is 0.0516. The fourth-order valence-corrected chi connectivity index (χ4v) is 15.9. The maximum atomic E-state index is 14.0. The van der Waals surface area contributed by atoms with Crippen LogP contribution in [0.15, 0.2) is 72.6 Å². The Morgan fingerprint density at radius 2 is 1.22 bits per heavy atom. The molecular formula is C64H91NO20. The third-order valence-corrected chi connectivity index (χ3v) is 20.9. The van der Waals surface area contributed by atoms with Gasteiger partial charge in [-0.1, -0.05) is 55.8 Å². The second-order valence-corrected chi connectivity index (χ2v) is 25.4. The number of aromatic nitrogens is 1. The van der Waals surface area contributed by atoms with Gasteiger partial charge in [-0.05, 0) is 109 Å². The van der Waals surface area contributed by atoms with Gasteiger partial charge in [-0.3, -0.25) is 4.98 Å². The molecule has 0 unspecified atom stereocenters. The van der Waals surface area contributed by atoms with Crippen LogP contribution in [0.5, 0.6) is 0 Å². The molecule has 2 aromatic rings. The molecule has 0 radical (unpaired) electrons. The zero-order valence-electron chi connectivity index (χ0n) is 51.0. The summed E-state index contributed by atoms with van der Waals surface area (Å²) in [7, 11) is 6.48. The molecule has 8 aliphatic rings. The highest BCUT2D eigenvalue weighted by atomic mass is 16.8. The highest BCUT2D eigenvalue weighted by Crippen LogP contribution is 2.71. The van der Waals surface area contributed by atoms with Gasteiger partial charge in [-0.25, -0.2) is 9.59 Å². The van der Waals surface area contributed by atoms with Crippen LogP contribution in [0.3, 0.4) is 0 Å². The van der Waals surface area contributed by atoms with E-state index in [1.807, 2.05) is 57.2 Å². The Kier molecular flexibility index (Phi) is 19.6. The molecule has 0 spiro atoms. The molecule has 85 heavy (non-hydrogen) atoms. The zero-order chi connectivity index (χ0) is 60.8. The lowest BCUT2D eigenvalue weighted by Crippen LogP contribution is -2.78. The van der Waals surface area contributed by atoms with Gasteiger partial charge in [0, 0.05) is 78.5 Å². The van der Waals surface area contributed by atoms with Gasteiger partial charge in [-0.15, -0.1) is 0 Å². The van der Waals surface area contributed by atoms with Crippen LogP contribution < -0.4 is 0 Å². The molecule has 21 heteroatoms. The van der Waals surface area contributed by atoms with Crippen molar-refractivity contribution in [2.75, 3.05) is 28.4 Å². The second-order valence-electron chi connectivity index (χ2n) is 25.4. The molecule has 4 N–H and O–H groups in total. The highest BCUT2D eigenvalue weighted by molar-refractivity contribution is 5.89. The first-order chi connectivity index (χ1) is 40.5. The molecule has 4 aliphatic heterocycles. The SMILES string of the molecule is CO[C@H]1C[C@H](O[C@H]2[C@H](C)O[C@H](O[C@H]3CC[C@@]4(C)C(=CC[C@]5(O)[C@@H]4C[C@@H](OC(=O)/C=C/c4ccccc4)[C@@]4(C)[C@]5(O)CC[C@@]4(O)[C@H](C)OC(=O)c4cccnc4)C3)C[C@H]2OC)O[C@@H](C)[C@H]1O[C@H]1C[C@H](OC)[C@H](O[C@H]2C[C@@H](OC)[C@@H](O)[C@H](C)O2)[C@@H](C)O1. The van der Waals surface area contributed by atoms with Crippen LogP contribution in [0.25, 0.3) is 6.08 Å². The Morgan fingerprint density at radius 3 is 1.76 bits per heavy atom. The van der Waals surface area contributed by atoms with E-state index in [2.05, 4.69) is 11.9 Å². The summed E-state index contributed by atoms with van der Waals surface area (Å²) in [5, 5.41) is 50.3. The van der Waals surface area contributed by atoms with Crippen LogP contribution in [0.1, 0.15) is 135 Å². The molecule has 3 saturated carbocycles. The van der Waals surface area contributed by atoms with Gasteiger partial charge in [0.2, 0.25) is 0 Å². The Balaban J connectivity index is 0.776. The molecule has 0 bridgehead atoms. The lowest BCUT2D eigenvalue weighted by atomic mass is 9.42. The molecule has 1 aromatic heterocycles. The topological polar surface area (TPSA) is 257 Å². The Labute approximate surface area is 499 Å². The van der Waals surface area contributed by atoms with Crippen LogP contribution in [0, 0.1) is 16.7 Å². The molecule has 10 rings (SSSR count). The fourth-order valence-electron chi connectivity index (χ4n) is 15.9. The van der Waals surface area contributed by atoms with Crippen LogP contribution in [0.4, 0.5) is 0 Å². The number of pyridine rings is 1. The number of nitrogens with zero attached hydrogens (tertiary/aromatic N) is 1. The van der Waals surface area contributed by atoms with Gasteiger partial charge in [-0.2, -0.15) is 0 Å². The van der Waals surface area contributed by atoms with Crippen molar-refractivity contribution in [3.05, 3.63) is 83.7 Å². The molecule has 472 valence electrons. The molecule has 7 fully saturated rings. The van der Waals surface area contributed by atoms with Gasteiger partial charge < -0.3 is 86.7 Å². The van der Waals surface area contributed by atoms with Crippen molar-refractivity contribution in [3.63, 3.8) is 0 Å². The van der Waals surface area contributed by atoms with E-state index in [9.17, 15) is 30.0 Å². The summed E-state index contributed by atoms with van der Waals surface area (Å²) >= 11 is 0. The van der Waals surface area contributed by atoms with E-state index in [1.165, 1.54) is 18.5 Å². The number of benzene rings is 1. The minimum atomic E-state index is -2.01. The molecule has 0 amide bonds. The Bertz CT molecular complexity index is 2650. The molecule has 4 aliphatic carbocycles. The average Bonchev–Trinajstić information content (AvgIpc) is 1.63. The first-order valence-electron chi connectivity index (χ1n) is 30.5. The molecule has 25 atom stereocenters. The quantitative estimate of drug-likeness (QED) is 0.0727. The number of esters is 2. The number of fused-ring (bicyclic) bond motifs is 5. The van der Waals surface area contributed by atoms with E-state index in [1.54, 1.807) is 67.4 Å². The van der Waals surface area contributed by atoms with Gasteiger partial charge in [0.15, 0.2) is 25.2 Å². The first-order valence-corrected chi connectivity index (χ1v) is 30.5. The number of rotatable bonds is 18. The van der Waals surface area contributed by atoms with Crippen molar-refractivity contribution in [1.29, 1.82) is 0 Å². The van der Waals surface area contributed by atoms with E-state index in [0.29, 0.717) is 44.9 Å². The number of hydrogen-bond acceptors (Lipinski definition) is 21. The van der Waals surface area contributed by atoms with Crippen molar-refractivity contribution in [2.24, 2.45) is 16.7 Å². The first kappa shape index (κ1) is 64.1. The maximum Gasteiger partial charge on any atom is 0.340 e. The highest BCUT2D eigenvalue weighted by Gasteiger charge is 2.81.